The Hall–Kier alpha value is -2.58. The van der Waals surface area contributed by atoms with Crippen LogP contribution in [0.5, 0.6) is 5.75 Å². The zero-order valence-corrected chi connectivity index (χ0v) is 15.1. The SMILES string of the molecule is COCCNc1c(-c2cccc(OC)c2)nc2sc(C(N)=O)c(C)n12. The molecule has 8 heteroatoms. The number of amides is 1. The van der Waals surface area contributed by atoms with Gasteiger partial charge in [-0.3, -0.25) is 9.20 Å². The molecule has 25 heavy (non-hydrogen) atoms. The molecular formula is C17H20N4O3S. The number of rotatable bonds is 7. The molecule has 3 aromatic rings. The Bertz CT molecular complexity index is 916. The molecule has 0 fully saturated rings. The summed E-state index contributed by atoms with van der Waals surface area (Å²) in [6.45, 7) is 3.03. The average molecular weight is 360 g/mol. The van der Waals surface area contributed by atoms with Crippen LogP contribution in [-0.2, 0) is 4.74 Å². The molecule has 0 aliphatic carbocycles. The normalized spacial score (nSPS) is 11.0. The molecule has 2 heterocycles. The predicted molar refractivity (Wildman–Crippen MR) is 98.7 cm³/mol. The number of anilines is 1. The van der Waals surface area contributed by atoms with Crippen LogP contribution in [-0.4, -0.2) is 42.7 Å². The summed E-state index contributed by atoms with van der Waals surface area (Å²) in [5, 5.41) is 3.36. The van der Waals surface area contributed by atoms with Crippen LogP contribution < -0.4 is 15.8 Å². The molecule has 0 unspecified atom stereocenters. The average Bonchev–Trinajstić information content (AvgIpc) is 3.13. The van der Waals surface area contributed by atoms with Crippen LogP contribution in [0.15, 0.2) is 24.3 Å². The third-order valence-electron chi connectivity index (χ3n) is 3.87. The monoisotopic (exact) mass is 360 g/mol. The number of aromatic nitrogens is 2. The highest BCUT2D eigenvalue weighted by Crippen LogP contribution is 2.35. The summed E-state index contributed by atoms with van der Waals surface area (Å²) in [7, 11) is 3.28. The van der Waals surface area contributed by atoms with E-state index in [2.05, 4.69) is 5.32 Å². The molecular weight excluding hydrogens is 340 g/mol. The van der Waals surface area contributed by atoms with Crippen LogP contribution in [0.4, 0.5) is 5.82 Å². The topological polar surface area (TPSA) is 90.9 Å². The Kier molecular flexibility index (Phi) is 4.91. The van der Waals surface area contributed by atoms with Crippen LogP contribution in [0.1, 0.15) is 15.4 Å². The Morgan fingerprint density at radius 2 is 2.20 bits per heavy atom. The minimum atomic E-state index is -0.446. The number of hydrogen-bond donors (Lipinski definition) is 2. The van der Waals surface area contributed by atoms with E-state index in [1.165, 1.54) is 11.3 Å². The zero-order valence-electron chi connectivity index (χ0n) is 14.3. The number of hydrogen-bond acceptors (Lipinski definition) is 6. The first-order valence-corrected chi connectivity index (χ1v) is 8.57. The van der Waals surface area contributed by atoms with Gasteiger partial charge in [-0.05, 0) is 19.1 Å². The smallest absolute Gasteiger partial charge is 0.260 e. The molecule has 0 spiro atoms. The number of methoxy groups -OCH3 is 2. The van der Waals surface area contributed by atoms with Crippen LogP contribution in [0, 0.1) is 6.92 Å². The van der Waals surface area contributed by atoms with Crippen LogP contribution in [0.3, 0.4) is 0 Å². The Labute approximate surface area is 149 Å². The lowest BCUT2D eigenvalue weighted by Crippen LogP contribution is -2.13. The van der Waals surface area contributed by atoms with Gasteiger partial charge in [0.05, 0.1) is 13.7 Å². The largest absolute Gasteiger partial charge is 0.497 e. The molecule has 3 N–H and O–H groups in total. The first kappa shape index (κ1) is 17.2. The van der Waals surface area contributed by atoms with Crippen molar-refractivity contribution in [3.05, 3.63) is 34.8 Å². The van der Waals surface area contributed by atoms with Crippen molar-refractivity contribution >= 4 is 28.0 Å². The van der Waals surface area contributed by atoms with Gasteiger partial charge in [-0.25, -0.2) is 4.98 Å². The van der Waals surface area contributed by atoms with E-state index < -0.39 is 5.91 Å². The lowest BCUT2D eigenvalue weighted by atomic mass is 10.1. The first-order chi connectivity index (χ1) is 12.1. The van der Waals surface area contributed by atoms with E-state index in [1.54, 1.807) is 14.2 Å². The molecule has 0 radical (unpaired) electrons. The highest BCUT2D eigenvalue weighted by Gasteiger charge is 2.21. The van der Waals surface area contributed by atoms with E-state index in [0.29, 0.717) is 23.0 Å². The number of nitrogens with one attached hydrogen (secondary N) is 1. The summed E-state index contributed by atoms with van der Waals surface area (Å²) in [5.74, 6) is 1.12. The van der Waals surface area contributed by atoms with Crippen molar-refractivity contribution < 1.29 is 14.3 Å². The van der Waals surface area contributed by atoms with Crippen molar-refractivity contribution in [1.82, 2.24) is 9.38 Å². The molecule has 132 valence electrons. The Morgan fingerprint density at radius 1 is 1.40 bits per heavy atom. The Morgan fingerprint density at radius 3 is 2.88 bits per heavy atom. The number of carbonyl (C=O) groups is 1. The second-order valence-corrected chi connectivity index (χ2v) is 6.44. The number of nitrogens with two attached hydrogens (primary N) is 1. The van der Waals surface area contributed by atoms with E-state index in [9.17, 15) is 4.79 Å². The minimum Gasteiger partial charge on any atom is -0.497 e. The zero-order chi connectivity index (χ0) is 18.0. The van der Waals surface area contributed by atoms with Crippen molar-refractivity contribution in [1.29, 1.82) is 0 Å². The van der Waals surface area contributed by atoms with Crippen molar-refractivity contribution in [2.24, 2.45) is 5.73 Å². The molecule has 0 saturated carbocycles. The highest BCUT2D eigenvalue weighted by molar-refractivity contribution is 7.19. The van der Waals surface area contributed by atoms with Crippen molar-refractivity contribution in [3.63, 3.8) is 0 Å². The number of benzene rings is 1. The summed E-state index contributed by atoms with van der Waals surface area (Å²) < 4.78 is 12.4. The number of nitrogens with zero attached hydrogens (tertiary/aromatic N) is 2. The Balaban J connectivity index is 2.16. The van der Waals surface area contributed by atoms with Gasteiger partial charge in [-0.1, -0.05) is 23.5 Å². The summed E-state index contributed by atoms with van der Waals surface area (Å²) in [6, 6.07) is 7.71. The van der Waals surface area contributed by atoms with Crippen molar-refractivity contribution in [2.75, 3.05) is 32.7 Å². The maximum absolute atomic E-state index is 11.6. The van der Waals surface area contributed by atoms with E-state index in [0.717, 1.165) is 28.5 Å². The number of primary amides is 1. The molecule has 3 rings (SSSR count). The third kappa shape index (κ3) is 3.18. The number of ether oxygens (including phenoxy) is 2. The predicted octanol–water partition coefficient (Wildman–Crippen LogP) is 2.54. The fourth-order valence-electron chi connectivity index (χ4n) is 2.68. The van der Waals surface area contributed by atoms with Crippen molar-refractivity contribution in [3.8, 4) is 17.0 Å². The second kappa shape index (κ2) is 7.12. The lowest BCUT2D eigenvalue weighted by molar-refractivity contribution is 0.100. The maximum atomic E-state index is 11.6. The summed E-state index contributed by atoms with van der Waals surface area (Å²) in [5.41, 5.74) is 7.96. The maximum Gasteiger partial charge on any atom is 0.260 e. The third-order valence-corrected chi connectivity index (χ3v) is 5.03. The molecule has 1 aromatic carbocycles. The molecule has 2 aromatic heterocycles. The quantitative estimate of drug-likeness (QED) is 0.632. The summed E-state index contributed by atoms with van der Waals surface area (Å²) >= 11 is 1.29. The number of aryl methyl sites for hydroxylation is 1. The fraction of sp³-hybridized carbons (Fsp3) is 0.294. The van der Waals surface area contributed by atoms with Crippen LogP contribution in [0.2, 0.25) is 0 Å². The molecule has 1 amide bonds. The van der Waals surface area contributed by atoms with E-state index >= 15 is 0 Å². The van der Waals surface area contributed by atoms with Crippen LogP contribution in [0.25, 0.3) is 16.2 Å². The summed E-state index contributed by atoms with van der Waals surface area (Å²) in [6.07, 6.45) is 0. The first-order valence-electron chi connectivity index (χ1n) is 7.75. The van der Waals surface area contributed by atoms with Gasteiger partial charge in [0.1, 0.15) is 22.1 Å². The number of carbonyl (C=O) groups excluding carboxylic acids is 1. The van der Waals surface area contributed by atoms with Gasteiger partial charge in [0.25, 0.3) is 5.91 Å². The van der Waals surface area contributed by atoms with Gasteiger partial charge in [0.2, 0.25) is 0 Å². The standard InChI is InChI=1S/C17H20N4O3S/c1-10-14(15(18)22)25-17-20-13(11-5-4-6-12(9-11)24-3)16(21(10)17)19-7-8-23-2/h4-6,9,19H,7-8H2,1-3H3,(H2,18,22). The van der Waals surface area contributed by atoms with E-state index in [4.69, 9.17) is 20.2 Å². The van der Waals surface area contributed by atoms with Crippen LogP contribution >= 0.6 is 11.3 Å². The van der Waals surface area contributed by atoms with Gasteiger partial charge < -0.3 is 20.5 Å². The van der Waals surface area contributed by atoms with Crippen molar-refractivity contribution in [2.45, 2.75) is 6.92 Å². The number of imidazole rings is 1. The van der Waals surface area contributed by atoms with Gasteiger partial charge in [0, 0.05) is 24.9 Å². The molecule has 7 nitrogen and oxygen atoms in total. The fourth-order valence-corrected chi connectivity index (χ4v) is 3.66. The lowest BCUT2D eigenvalue weighted by Gasteiger charge is -2.09. The number of fused-ring (bicyclic) bond motifs is 1. The molecule has 0 aliphatic heterocycles. The summed E-state index contributed by atoms with van der Waals surface area (Å²) in [4.78, 5) is 17.6. The molecule has 0 saturated heterocycles. The number of thiazole rings is 1. The van der Waals surface area contributed by atoms with Gasteiger partial charge in [-0.15, -0.1) is 0 Å². The molecule has 0 aliphatic rings. The van der Waals surface area contributed by atoms with Gasteiger partial charge >= 0.3 is 0 Å². The molecule has 0 bridgehead atoms. The van der Waals surface area contributed by atoms with Gasteiger partial charge in [0.15, 0.2) is 4.96 Å². The van der Waals surface area contributed by atoms with Gasteiger partial charge in [-0.2, -0.15) is 0 Å². The van der Waals surface area contributed by atoms with E-state index in [1.807, 2.05) is 35.6 Å². The second-order valence-electron chi connectivity index (χ2n) is 5.46. The molecule has 0 atom stereocenters. The minimum absolute atomic E-state index is 0.446. The highest BCUT2D eigenvalue weighted by atomic mass is 32.1. The van der Waals surface area contributed by atoms with E-state index in [-0.39, 0.29) is 0 Å².